The molecule has 9 heteroatoms. The van der Waals surface area contributed by atoms with Gasteiger partial charge in [-0.25, -0.2) is 14.7 Å². The fourth-order valence-corrected chi connectivity index (χ4v) is 2.84. The van der Waals surface area contributed by atoms with Gasteiger partial charge in [0.25, 0.3) is 0 Å². The molecule has 3 aromatic rings. The van der Waals surface area contributed by atoms with Crippen LogP contribution in [-0.2, 0) is 0 Å². The van der Waals surface area contributed by atoms with Crippen LogP contribution in [0, 0.1) is 0 Å². The number of aromatic nitrogens is 2. The van der Waals surface area contributed by atoms with E-state index in [0.717, 1.165) is 0 Å². The van der Waals surface area contributed by atoms with Crippen LogP contribution in [0.1, 0.15) is 20.8 Å². The van der Waals surface area contributed by atoms with Crippen LogP contribution in [0.3, 0.4) is 0 Å². The molecule has 0 radical (unpaired) electrons. The molecule has 0 aliphatic heterocycles. The van der Waals surface area contributed by atoms with Gasteiger partial charge in [0.05, 0.1) is 24.4 Å². The molecule has 0 aliphatic rings. The van der Waals surface area contributed by atoms with Crippen LogP contribution >= 0.6 is 11.6 Å². The highest BCUT2D eigenvalue weighted by molar-refractivity contribution is 6.30. The Morgan fingerprint density at radius 3 is 2.38 bits per heavy atom. The third-order valence-corrected chi connectivity index (χ3v) is 5.16. The lowest BCUT2D eigenvalue weighted by atomic mass is 10.0. The van der Waals surface area contributed by atoms with Gasteiger partial charge in [-0.3, -0.25) is 0 Å². The lowest BCUT2D eigenvalue weighted by molar-refractivity contribution is 0.0646. The molecule has 1 atom stereocenters. The standard InChI is InChI=1S/C23H26ClN5O3/c1-15(23(2,3)31)26-21-25-14-13-20(28-21)29(18-9-11-19(32-4)12-10-18)22(30)27-17-7-5-16(24)6-8-17/h5-15,31H,1-4H3,(H,27,30)(H,25,26,28)/t15-/m0/s1. The Morgan fingerprint density at radius 1 is 1.12 bits per heavy atom. The van der Waals surface area contributed by atoms with Crippen LogP contribution in [0.15, 0.2) is 60.8 Å². The number of hydrogen-bond donors (Lipinski definition) is 3. The maximum Gasteiger partial charge on any atom is 0.332 e. The van der Waals surface area contributed by atoms with Crippen molar-refractivity contribution in [2.45, 2.75) is 32.4 Å². The van der Waals surface area contributed by atoms with E-state index < -0.39 is 11.6 Å². The number of nitrogens with one attached hydrogen (secondary N) is 2. The Balaban J connectivity index is 1.95. The summed E-state index contributed by atoms with van der Waals surface area (Å²) in [6.45, 7) is 5.21. The van der Waals surface area contributed by atoms with E-state index in [4.69, 9.17) is 16.3 Å². The van der Waals surface area contributed by atoms with Gasteiger partial charge < -0.3 is 20.5 Å². The van der Waals surface area contributed by atoms with Crippen LogP contribution < -0.4 is 20.3 Å². The van der Waals surface area contributed by atoms with Crippen LogP contribution in [-0.4, -0.2) is 39.9 Å². The second-order valence-corrected chi connectivity index (χ2v) is 8.17. The van der Waals surface area contributed by atoms with E-state index in [1.807, 2.05) is 6.92 Å². The molecular formula is C23H26ClN5O3. The summed E-state index contributed by atoms with van der Waals surface area (Å²) in [5, 5.41) is 16.7. The Morgan fingerprint density at radius 2 is 1.78 bits per heavy atom. The number of carbonyl (C=O) groups is 1. The summed E-state index contributed by atoms with van der Waals surface area (Å²) in [5.41, 5.74) is 0.180. The molecule has 0 saturated carbocycles. The molecule has 3 N–H and O–H groups in total. The number of amides is 2. The first-order valence-corrected chi connectivity index (χ1v) is 10.4. The maximum absolute atomic E-state index is 13.3. The molecule has 2 amide bonds. The van der Waals surface area contributed by atoms with E-state index in [-0.39, 0.29) is 12.0 Å². The molecule has 0 bridgehead atoms. The van der Waals surface area contributed by atoms with Gasteiger partial charge in [-0.15, -0.1) is 0 Å². The van der Waals surface area contributed by atoms with Gasteiger partial charge in [0.2, 0.25) is 5.95 Å². The predicted molar refractivity (Wildman–Crippen MR) is 127 cm³/mol. The van der Waals surface area contributed by atoms with E-state index in [0.29, 0.717) is 28.0 Å². The fourth-order valence-electron chi connectivity index (χ4n) is 2.71. The van der Waals surface area contributed by atoms with Gasteiger partial charge in [0, 0.05) is 23.0 Å². The van der Waals surface area contributed by atoms with Gasteiger partial charge >= 0.3 is 6.03 Å². The number of benzene rings is 2. The number of methoxy groups -OCH3 is 1. The summed E-state index contributed by atoms with van der Waals surface area (Å²) in [6.07, 6.45) is 1.55. The second kappa shape index (κ2) is 9.84. The Labute approximate surface area is 192 Å². The van der Waals surface area contributed by atoms with Crippen molar-refractivity contribution in [3.05, 3.63) is 65.8 Å². The van der Waals surface area contributed by atoms with E-state index in [9.17, 15) is 9.90 Å². The lowest BCUT2D eigenvalue weighted by Gasteiger charge is -2.27. The van der Waals surface area contributed by atoms with E-state index in [1.54, 1.807) is 81.8 Å². The number of ether oxygens (including phenoxy) is 1. The van der Waals surface area contributed by atoms with Crippen LogP contribution in [0.25, 0.3) is 0 Å². The number of anilines is 4. The monoisotopic (exact) mass is 455 g/mol. The van der Waals surface area contributed by atoms with Crippen LogP contribution in [0.4, 0.5) is 27.9 Å². The van der Waals surface area contributed by atoms with Crippen LogP contribution in [0.5, 0.6) is 5.75 Å². The fraction of sp³-hybridized carbons (Fsp3) is 0.261. The molecular weight excluding hydrogens is 430 g/mol. The minimum atomic E-state index is -0.985. The molecule has 32 heavy (non-hydrogen) atoms. The second-order valence-electron chi connectivity index (χ2n) is 7.73. The van der Waals surface area contributed by atoms with Crippen molar-refractivity contribution in [3.63, 3.8) is 0 Å². The third kappa shape index (κ3) is 5.87. The van der Waals surface area contributed by atoms with Crippen molar-refractivity contribution in [3.8, 4) is 5.75 Å². The molecule has 1 aromatic heterocycles. The predicted octanol–water partition coefficient (Wildman–Crippen LogP) is 5.08. The zero-order valence-corrected chi connectivity index (χ0v) is 19.1. The smallest absolute Gasteiger partial charge is 0.332 e. The minimum absolute atomic E-state index is 0.287. The van der Waals surface area contributed by atoms with Gasteiger partial charge in [0.15, 0.2) is 0 Å². The topological polar surface area (TPSA) is 99.6 Å². The quantitative estimate of drug-likeness (QED) is 0.459. The van der Waals surface area contributed by atoms with Crippen LogP contribution in [0.2, 0.25) is 5.02 Å². The SMILES string of the molecule is COc1ccc(N(C(=O)Nc2ccc(Cl)cc2)c2ccnc(N[C@@H](C)C(C)(C)O)n2)cc1. The number of nitrogens with zero attached hydrogens (tertiary/aromatic N) is 3. The van der Waals surface area contributed by atoms with Crippen molar-refractivity contribution >= 4 is 40.8 Å². The van der Waals surface area contributed by atoms with E-state index >= 15 is 0 Å². The summed E-state index contributed by atoms with van der Waals surface area (Å²) < 4.78 is 5.23. The highest BCUT2D eigenvalue weighted by Gasteiger charge is 2.24. The summed E-state index contributed by atoms with van der Waals surface area (Å²) in [7, 11) is 1.58. The van der Waals surface area contributed by atoms with E-state index in [2.05, 4.69) is 20.6 Å². The number of carbonyl (C=O) groups excluding carboxylic acids is 1. The van der Waals surface area contributed by atoms with Gasteiger partial charge in [0.1, 0.15) is 11.6 Å². The summed E-state index contributed by atoms with van der Waals surface area (Å²) >= 11 is 5.95. The van der Waals surface area contributed by atoms with Crippen molar-refractivity contribution in [2.24, 2.45) is 0 Å². The number of hydrogen-bond acceptors (Lipinski definition) is 6. The zero-order chi connectivity index (χ0) is 23.3. The number of rotatable bonds is 7. The molecule has 2 aromatic carbocycles. The molecule has 0 saturated heterocycles. The minimum Gasteiger partial charge on any atom is -0.497 e. The first-order valence-electron chi connectivity index (χ1n) is 10.00. The molecule has 0 aliphatic carbocycles. The first-order chi connectivity index (χ1) is 15.2. The molecule has 168 valence electrons. The van der Waals surface area contributed by atoms with E-state index in [1.165, 1.54) is 4.90 Å². The Bertz CT molecular complexity index is 1050. The molecule has 0 fully saturated rings. The summed E-state index contributed by atoms with van der Waals surface area (Å²) in [5.74, 6) is 1.30. The summed E-state index contributed by atoms with van der Waals surface area (Å²) in [6, 6.07) is 14.7. The van der Waals surface area contributed by atoms with Crippen molar-refractivity contribution < 1.29 is 14.6 Å². The average Bonchev–Trinajstić information content (AvgIpc) is 2.76. The largest absolute Gasteiger partial charge is 0.497 e. The normalized spacial score (nSPS) is 12.1. The Hall–Kier alpha value is -3.36. The van der Waals surface area contributed by atoms with Gasteiger partial charge in [-0.05, 0) is 69.3 Å². The molecule has 0 spiro atoms. The van der Waals surface area contributed by atoms with Crippen molar-refractivity contribution in [2.75, 3.05) is 22.6 Å². The number of aliphatic hydroxyl groups is 1. The number of halogens is 1. The molecule has 1 heterocycles. The number of urea groups is 1. The zero-order valence-electron chi connectivity index (χ0n) is 18.3. The van der Waals surface area contributed by atoms with Gasteiger partial charge in [-0.2, -0.15) is 4.98 Å². The molecule has 0 unspecified atom stereocenters. The highest BCUT2D eigenvalue weighted by Crippen LogP contribution is 2.28. The highest BCUT2D eigenvalue weighted by atomic mass is 35.5. The van der Waals surface area contributed by atoms with Crippen molar-refractivity contribution in [1.82, 2.24) is 9.97 Å². The molecule has 3 rings (SSSR count). The summed E-state index contributed by atoms with van der Waals surface area (Å²) in [4.78, 5) is 23.4. The maximum atomic E-state index is 13.3. The molecule has 8 nitrogen and oxygen atoms in total. The lowest BCUT2D eigenvalue weighted by Crippen LogP contribution is -2.40. The average molecular weight is 456 g/mol. The van der Waals surface area contributed by atoms with Gasteiger partial charge in [-0.1, -0.05) is 11.6 Å². The third-order valence-electron chi connectivity index (χ3n) is 4.90. The first kappa shape index (κ1) is 23.3. The Kier molecular flexibility index (Phi) is 7.17. The van der Waals surface area contributed by atoms with Crippen molar-refractivity contribution in [1.29, 1.82) is 0 Å².